The van der Waals surface area contributed by atoms with Crippen LogP contribution in [0.3, 0.4) is 0 Å². The van der Waals surface area contributed by atoms with Crippen LogP contribution in [-0.4, -0.2) is 25.6 Å². The normalized spacial score (nSPS) is 11.0. The van der Waals surface area contributed by atoms with Crippen LogP contribution < -0.4 is 10.0 Å². The van der Waals surface area contributed by atoms with E-state index < -0.39 is 10.0 Å². The van der Waals surface area contributed by atoms with Gasteiger partial charge in [-0.15, -0.1) is 0 Å². The Morgan fingerprint density at radius 3 is 2.68 bits per heavy atom. The lowest BCUT2D eigenvalue weighted by Crippen LogP contribution is -2.25. The molecule has 6 nitrogen and oxygen atoms in total. The van der Waals surface area contributed by atoms with E-state index in [4.69, 9.17) is 0 Å². The summed E-state index contributed by atoms with van der Waals surface area (Å²) >= 11 is 0. The quantitative estimate of drug-likeness (QED) is 0.878. The number of nitrogens with one attached hydrogen (secondary N) is 2. The van der Waals surface area contributed by atoms with Gasteiger partial charge in [0.25, 0.3) is 5.91 Å². The van der Waals surface area contributed by atoms with Crippen molar-refractivity contribution < 1.29 is 13.2 Å². The minimum absolute atomic E-state index is 0.261. The van der Waals surface area contributed by atoms with Crippen LogP contribution in [0.15, 0.2) is 42.7 Å². The van der Waals surface area contributed by atoms with Crippen LogP contribution in [-0.2, 0) is 16.6 Å². The minimum Gasteiger partial charge on any atom is -0.348 e. The average Bonchev–Trinajstić information content (AvgIpc) is 2.46. The van der Waals surface area contributed by atoms with E-state index in [1.165, 1.54) is 0 Å². The Bertz CT molecular complexity index is 774. The number of pyridine rings is 1. The first-order valence-corrected chi connectivity index (χ1v) is 8.50. The summed E-state index contributed by atoms with van der Waals surface area (Å²) in [5.74, 6) is -0.348. The maximum atomic E-state index is 12.3. The standard InChI is InChI=1S/C15H17N3O3S/c1-11-5-6-14(18-22(2,20)21)13(8-11)15(19)17-10-12-4-3-7-16-9-12/h3-9,18H,10H2,1-2H3,(H,17,19). The third-order valence-electron chi connectivity index (χ3n) is 2.89. The summed E-state index contributed by atoms with van der Waals surface area (Å²) in [7, 11) is -3.45. The fourth-order valence-electron chi connectivity index (χ4n) is 1.91. The van der Waals surface area contributed by atoms with Crippen molar-refractivity contribution in [2.24, 2.45) is 0 Å². The molecule has 2 N–H and O–H groups in total. The molecule has 0 saturated heterocycles. The van der Waals surface area contributed by atoms with Gasteiger partial charge in [-0.1, -0.05) is 17.7 Å². The molecule has 22 heavy (non-hydrogen) atoms. The van der Waals surface area contributed by atoms with Gasteiger partial charge in [-0.3, -0.25) is 14.5 Å². The highest BCUT2D eigenvalue weighted by atomic mass is 32.2. The number of amides is 1. The largest absolute Gasteiger partial charge is 0.348 e. The smallest absolute Gasteiger partial charge is 0.253 e. The first-order valence-electron chi connectivity index (χ1n) is 6.61. The Balaban J connectivity index is 2.19. The lowest BCUT2D eigenvalue weighted by atomic mass is 10.1. The second kappa shape index (κ2) is 6.57. The zero-order chi connectivity index (χ0) is 16.2. The second-order valence-corrected chi connectivity index (χ2v) is 6.72. The molecule has 7 heteroatoms. The number of hydrogen-bond acceptors (Lipinski definition) is 4. The van der Waals surface area contributed by atoms with E-state index in [0.717, 1.165) is 17.4 Å². The van der Waals surface area contributed by atoms with Crippen molar-refractivity contribution >= 4 is 21.6 Å². The Morgan fingerprint density at radius 1 is 1.27 bits per heavy atom. The number of aromatic nitrogens is 1. The highest BCUT2D eigenvalue weighted by molar-refractivity contribution is 7.92. The zero-order valence-electron chi connectivity index (χ0n) is 12.3. The van der Waals surface area contributed by atoms with Crippen LogP contribution >= 0.6 is 0 Å². The van der Waals surface area contributed by atoms with E-state index >= 15 is 0 Å². The molecule has 0 radical (unpaired) electrons. The highest BCUT2D eigenvalue weighted by Gasteiger charge is 2.14. The first-order chi connectivity index (χ1) is 10.3. The van der Waals surface area contributed by atoms with Gasteiger partial charge >= 0.3 is 0 Å². The summed E-state index contributed by atoms with van der Waals surface area (Å²) in [4.78, 5) is 16.3. The Morgan fingerprint density at radius 2 is 2.05 bits per heavy atom. The van der Waals surface area contributed by atoms with Gasteiger partial charge in [0, 0.05) is 18.9 Å². The lowest BCUT2D eigenvalue weighted by Gasteiger charge is -2.12. The molecule has 0 atom stereocenters. The van der Waals surface area contributed by atoms with Gasteiger partial charge in [0.2, 0.25) is 10.0 Å². The zero-order valence-corrected chi connectivity index (χ0v) is 13.1. The molecule has 0 unspecified atom stereocenters. The molecule has 2 aromatic rings. The molecular formula is C15H17N3O3S. The molecular weight excluding hydrogens is 302 g/mol. The summed E-state index contributed by atoms with van der Waals surface area (Å²) in [6.07, 6.45) is 4.36. The van der Waals surface area contributed by atoms with Crippen LogP contribution in [0.1, 0.15) is 21.5 Å². The summed E-state index contributed by atoms with van der Waals surface area (Å²) < 4.78 is 25.1. The van der Waals surface area contributed by atoms with Crippen LogP contribution in [0.2, 0.25) is 0 Å². The molecule has 1 heterocycles. The van der Waals surface area contributed by atoms with E-state index in [1.54, 1.807) is 36.7 Å². The van der Waals surface area contributed by atoms with Gasteiger partial charge in [0.1, 0.15) is 0 Å². The maximum absolute atomic E-state index is 12.3. The molecule has 0 bridgehead atoms. The van der Waals surface area contributed by atoms with Crippen LogP contribution in [0.4, 0.5) is 5.69 Å². The van der Waals surface area contributed by atoms with Crippen molar-refractivity contribution in [2.75, 3.05) is 11.0 Å². The van der Waals surface area contributed by atoms with E-state index in [2.05, 4.69) is 15.0 Å². The van der Waals surface area contributed by atoms with Crippen molar-refractivity contribution in [3.8, 4) is 0 Å². The predicted molar refractivity (Wildman–Crippen MR) is 85.1 cm³/mol. The summed E-state index contributed by atoms with van der Waals surface area (Å²) in [5, 5.41) is 2.75. The fraction of sp³-hybridized carbons (Fsp3) is 0.200. The van der Waals surface area contributed by atoms with E-state index in [0.29, 0.717) is 6.54 Å². The molecule has 0 saturated carbocycles. The van der Waals surface area contributed by atoms with Gasteiger partial charge in [0.05, 0.1) is 17.5 Å². The number of aryl methyl sites for hydroxylation is 1. The molecule has 0 aliphatic rings. The molecule has 1 aromatic carbocycles. The fourth-order valence-corrected chi connectivity index (χ4v) is 2.49. The van der Waals surface area contributed by atoms with Gasteiger partial charge in [-0.05, 0) is 30.7 Å². The van der Waals surface area contributed by atoms with E-state index in [1.807, 2.05) is 13.0 Å². The number of hydrogen-bond donors (Lipinski definition) is 2. The van der Waals surface area contributed by atoms with Gasteiger partial charge in [0.15, 0.2) is 0 Å². The van der Waals surface area contributed by atoms with Crippen molar-refractivity contribution in [1.29, 1.82) is 0 Å². The van der Waals surface area contributed by atoms with Crippen LogP contribution in [0, 0.1) is 6.92 Å². The molecule has 0 spiro atoms. The SMILES string of the molecule is Cc1ccc(NS(C)(=O)=O)c(C(=O)NCc2cccnc2)c1. The number of rotatable bonds is 5. The highest BCUT2D eigenvalue weighted by Crippen LogP contribution is 2.18. The molecule has 1 aromatic heterocycles. The average molecular weight is 319 g/mol. The monoisotopic (exact) mass is 319 g/mol. The third-order valence-corrected chi connectivity index (χ3v) is 3.48. The molecule has 1 amide bonds. The van der Waals surface area contributed by atoms with Gasteiger partial charge in [-0.2, -0.15) is 0 Å². The molecule has 0 aliphatic heterocycles. The summed E-state index contributed by atoms with van der Waals surface area (Å²) in [5.41, 5.74) is 2.28. The van der Waals surface area contributed by atoms with Crippen molar-refractivity contribution in [3.05, 3.63) is 59.4 Å². The number of nitrogens with zero attached hydrogens (tertiary/aromatic N) is 1. The lowest BCUT2D eigenvalue weighted by molar-refractivity contribution is 0.0951. The minimum atomic E-state index is -3.45. The second-order valence-electron chi connectivity index (χ2n) is 4.97. The number of carbonyl (C=O) groups is 1. The number of anilines is 1. The predicted octanol–water partition coefficient (Wildman–Crippen LogP) is 1.69. The maximum Gasteiger partial charge on any atom is 0.253 e. The topological polar surface area (TPSA) is 88.2 Å². The molecule has 0 fully saturated rings. The van der Waals surface area contributed by atoms with Crippen molar-refractivity contribution in [1.82, 2.24) is 10.3 Å². The van der Waals surface area contributed by atoms with E-state index in [-0.39, 0.29) is 17.2 Å². The number of carbonyl (C=O) groups excluding carboxylic acids is 1. The number of benzene rings is 1. The summed E-state index contributed by atoms with van der Waals surface area (Å²) in [6.45, 7) is 2.15. The molecule has 116 valence electrons. The Labute approximate surface area is 129 Å². The van der Waals surface area contributed by atoms with Crippen LogP contribution in [0.25, 0.3) is 0 Å². The van der Waals surface area contributed by atoms with E-state index in [9.17, 15) is 13.2 Å². The van der Waals surface area contributed by atoms with Crippen molar-refractivity contribution in [2.45, 2.75) is 13.5 Å². The molecule has 2 rings (SSSR count). The summed E-state index contributed by atoms with van der Waals surface area (Å²) in [6, 6.07) is 8.59. The number of sulfonamides is 1. The third kappa shape index (κ3) is 4.56. The van der Waals surface area contributed by atoms with Crippen molar-refractivity contribution in [3.63, 3.8) is 0 Å². The molecule has 0 aliphatic carbocycles. The first kappa shape index (κ1) is 16.0. The Kier molecular flexibility index (Phi) is 4.77. The van der Waals surface area contributed by atoms with Gasteiger partial charge < -0.3 is 5.32 Å². The Hall–Kier alpha value is -2.41. The van der Waals surface area contributed by atoms with Crippen LogP contribution in [0.5, 0.6) is 0 Å². The van der Waals surface area contributed by atoms with Gasteiger partial charge in [-0.25, -0.2) is 8.42 Å².